The number of oxazole rings is 1. The number of hydrogen-bond acceptors (Lipinski definition) is 4. The summed E-state index contributed by atoms with van der Waals surface area (Å²) >= 11 is 0. The SMILES string of the molecule is O=C(CCc1nc2ccccc2o1)N1CCN(c2ccccc2)CC1. The number of amides is 1. The van der Waals surface area contributed by atoms with Gasteiger partial charge in [-0.1, -0.05) is 30.3 Å². The quantitative estimate of drug-likeness (QED) is 0.735. The van der Waals surface area contributed by atoms with Crippen LogP contribution in [0, 0.1) is 0 Å². The van der Waals surface area contributed by atoms with Crippen LogP contribution in [-0.4, -0.2) is 42.0 Å². The molecule has 2 heterocycles. The normalized spacial score (nSPS) is 14.9. The van der Waals surface area contributed by atoms with E-state index >= 15 is 0 Å². The number of nitrogens with zero attached hydrogens (tertiary/aromatic N) is 3. The topological polar surface area (TPSA) is 49.6 Å². The lowest BCUT2D eigenvalue weighted by molar-refractivity contribution is -0.131. The second-order valence-electron chi connectivity index (χ2n) is 6.28. The fourth-order valence-corrected chi connectivity index (χ4v) is 3.25. The first-order valence-electron chi connectivity index (χ1n) is 8.72. The van der Waals surface area contributed by atoms with Crippen molar-refractivity contribution in [1.29, 1.82) is 0 Å². The van der Waals surface area contributed by atoms with Crippen LogP contribution in [0.15, 0.2) is 59.0 Å². The van der Waals surface area contributed by atoms with E-state index in [0.717, 1.165) is 37.3 Å². The van der Waals surface area contributed by atoms with Gasteiger partial charge in [-0.25, -0.2) is 4.98 Å². The number of piperazine rings is 1. The first kappa shape index (κ1) is 15.7. The Morgan fingerprint density at radius 3 is 2.44 bits per heavy atom. The van der Waals surface area contributed by atoms with Gasteiger partial charge in [-0.05, 0) is 24.3 Å². The lowest BCUT2D eigenvalue weighted by Crippen LogP contribution is -2.48. The van der Waals surface area contributed by atoms with Crippen LogP contribution in [0.3, 0.4) is 0 Å². The van der Waals surface area contributed by atoms with Crippen molar-refractivity contribution < 1.29 is 9.21 Å². The lowest BCUT2D eigenvalue weighted by atomic mass is 10.2. The molecule has 2 aromatic carbocycles. The molecule has 1 aromatic heterocycles. The highest BCUT2D eigenvalue weighted by atomic mass is 16.3. The Morgan fingerprint density at radius 1 is 0.960 bits per heavy atom. The highest BCUT2D eigenvalue weighted by Gasteiger charge is 2.21. The van der Waals surface area contributed by atoms with Crippen molar-refractivity contribution in [2.24, 2.45) is 0 Å². The highest BCUT2D eigenvalue weighted by Crippen LogP contribution is 2.18. The van der Waals surface area contributed by atoms with Crippen molar-refractivity contribution in [2.45, 2.75) is 12.8 Å². The van der Waals surface area contributed by atoms with E-state index in [1.165, 1.54) is 5.69 Å². The number of para-hydroxylation sites is 3. The highest BCUT2D eigenvalue weighted by molar-refractivity contribution is 5.77. The van der Waals surface area contributed by atoms with Gasteiger partial charge in [-0.2, -0.15) is 0 Å². The summed E-state index contributed by atoms with van der Waals surface area (Å²) in [5, 5.41) is 0. The average Bonchev–Trinajstić information content (AvgIpc) is 3.10. The Balaban J connectivity index is 1.30. The lowest BCUT2D eigenvalue weighted by Gasteiger charge is -2.36. The molecule has 1 amide bonds. The molecule has 0 aliphatic carbocycles. The van der Waals surface area contributed by atoms with Crippen molar-refractivity contribution in [3.05, 3.63) is 60.5 Å². The second kappa shape index (κ2) is 6.97. The first-order valence-corrected chi connectivity index (χ1v) is 8.72. The van der Waals surface area contributed by atoms with Crippen molar-refractivity contribution in [3.8, 4) is 0 Å². The molecule has 5 nitrogen and oxygen atoms in total. The average molecular weight is 335 g/mol. The maximum atomic E-state index is 12.5. The zero-order valence-corrected chi connectivity index (χ0v) is 14.1. The summed E-state index contributed by atoms with van der Waals surface area (Å²) in [6, 6.07) is 18.0. The van der Waals surface area contributed by atoms with Gasteiger partial charge in [0.2, 0.25) is 5.91 Å². The second-order valence-corrected chi connectivity index (χ2v) is 6.28. The zero-order chi connectivity index (χ0) is 17.1. The number of rotatable bonds is 4. The molecule has 0 spiro atoms. The molecule has 0 atom stereocenters. The predicted octanol–water partition coefficient (Wildman–Crippen LogP) is 3.11. The molecule has 128 valence electrons. The van der Waals surface area contributed by atoms with Crippen molar-refractivity contribution in [1.82, 2.24) is 9.88 Å². The third-order valence-electron chi connectivity index (χ3n) is 4.64. The molecule has 0 bridgehead atoms. The van der Waals surface area contributed by atoms with Crippen molar-refractivity contribution >= 4 is 22.7 Å². The minimum atomic E-state index is 0.176. The smallest absolute Gasteiger partial charge is 0.223 e. The fraction of sp³-hybridized carbons (Fsp3) is 0.300. The molecule has 1 fully saturated rings. The van der Waals surface area contributed by atoms with E-state index in [-0.39, 0.29) is 5.91 Å². The van der Waals surface area contributed by atoms with Crippen LogP contribution in [0.25, 0.3) is 11.1 Å². The maximum Gasteiger partial charge on any atom is 0.223 e. The number of anilines is 1. The van der Waals surface area contributed by atoms with E-state index in [2.05, 4.69) is 22.0 Å². The Bertz CT molecular complexity index is 819. The molecule has 0 unspecified atom stereocenters. The third kappa shape index (κ3) is 3.50. The summed E-state index contributed by atoms with van der Waals surface area (Å²) in [4.78, 5) is 21.2. The standard InChI is InChI=1S/C20H21N3O2/c24-20(11-10-19-21-17-8-4-5-9-18(17)25-19)23-14-12-22(13-15-23)16-6-2-1-3-7-16/h1-9H,10-15H2. The third-order valence-corrected chi connectivity index (χ3v) is 4.64. The van der Waals surface area contributed by atoms with Gasteiger partial charge >= 0.3 is 0 Å². The van der Waals surface area contributed by atoms with E-state index in [4.69, 9.17) is 4.42 Å². The molecule has 4 rings (SSSR count). The van der Waals surface area contributed by atoms with Crippen LogP contribution in [0.5, 0.6) is 0 Å². The number of benzene rings is 2. The van der Waals surface area contributed by atoms with E-state index in [1.807, 2.05) is 47.4 Å². The van der Waals surface area contributed by atoms with Crippen LogP contribution in [0.1, 0.15) is 12.3 Å². The Kier molecular flexibility index (Phi) is 4.37. The van der Waals surface area contributed by atoms with E-state index in [1.54, 1.807) is 0 Å². The Labute approximate surface area is 146 Å². The van der Waals surface area contributed by atoms with Gasteiger partial charge in [-0.15, -0.1) is 0 Å². The van der Waals surface area contributed by atoms with Crippen molar-refractivity contribution in [3.63, 3.8) is 0 Å². The molecule has 1 saturated heterocycles. The Hall–Kier alpha value is -2.82. The Morgan fingerprint density at radius 2 is 1.68 bits per heavy atom. The predicted molar refractivity (Wildman–Crippen MR) is 97.6 cm³/mol. The van der Waals surface area contributed by atoms with E-state index < -0.39 is 0 Å². The first-order chi connectivity index (χ1) is 12.3. The molecule has 1 aliphatic heterocycles. The number of hydrogen-bond donors (Lipinski definition) is 0. The molecular formula is C20H21N3O2. The summed E-state index contributed by atoms with van der Waals surface area (Å²) in [6.07, 6.45) is 0.991. The molecule has 3 aromatic rings. The van der Waals surface area contributed by atoms with Gasteiger partial charge < -0.3 is 14.2 Å². The van der Waals surface area contributed by atoms with Crippen LogP contribution in [-0.2, 0) is 11.2 Å². The van der Waals surface area contributed by atoms with Crippen LogP contribution >= 0.6 is 0 Å². The van der Waals surface area contributed by atoms with Gasteiger partial charge in [0.05, 0.1) is 0 Å². The number of fused-ring (bicyclic) bond motifs is 1. The van der Waals surface area contributed by atoms with Gasteiger partial charge in [-0.3, -0.25) is 4.79 Å². The molecular weight excluding hydrogens is 314 g/mol. The minimum absolute atomic E-state index is 0.176. The molecule has 1 aliphatic rings. The summed E-state index contributed by atoms with van der Waals surface area (Å²) in [5.74, 6) is 0.812. The van der Waals surface area contributed by atoms with Gasteiger partial charge in [0, 0.05) is 44.7 Å². The number of carbonyl (C=O) groups excluding carboxylic acids is 1. The molecule has 5 heteroatoms. The monoisotopic (exact) mass is 335 g/mol. The summed E-state index contributed by atoms with van der Waals surface area (Å²) in [6.45, 7) is 3.28. The van der Waals surface area contributed by atoms with Crippen LogP contribution < -0.4 is 4.90 Å². The zero-order valence-electron chi connectivity index (χ0n) is 14.1. The minimum Gasteiger partial charge on any atom is -0.441 e. The molecule has 0 saturated carbocycles. The summed E-state index contributed by atoms with van der Waals surface area (Å²) in [7, 11) is 0. The van der Waals surface area contributed by atoms with Crippen LogP contribution in [0.4, 0.5) is 5.69 Å². The fourth-order valence-electron chi connectivity index (χ4n) is 3.25. The maximum absolute atomic E-state index is 12.5. The van der Waals surface area contributed by atoms with E-state index in [9.17, 15) is 4.79 Å². The summed E-state index contributed by atoms with van der Waals surface area (Å²) < 4.78 is 5.69. The summed E-state index contributed by atoms with van der Waals surface area (Å²) in [5.41, 5.74) is 2.85. The molecule has 25 heavy (non-hydrogen) atoms. The van der Waals surface area contributed by atoms with Crippen molar-refractivity contribution in [2.75, 3.05) is 31.1 Å². The van der Waals surface area contributed by atoms with Gasteiger partial charge in [0.25, 0.3) is 0 Å². The number of aryl methyl sites for hydroxylation is 1. The van der Waals surface area contributed by atoms with Gasteiger partial charge in [0.15, 0.2) is 11.5 Å². The molecule has 0 N–H and O–H groups in total. The van der Waals surface area contributed by atoms with Crippen LogP contribution in [0.2, 0.25) is 0 Å². The number of carbonyl (C=O) groups is 1. The molecule has 0 radical (unpaired) electrons. The largest absolute Gasteiger partial charge is 0.441 e. The van der Waals surface area contributed by atoms with Gasteiger partial charge in [0.1, 0.15) is 5.52 Å². The van der Waals surface area contributed by atoms with E-state index in [0.29, 0.717) is 18.7 Å². The number of aromatic nitrogens is 1.